The van der Waals surface area contributed by atoms with Gasteiger partial charge in [-0.2, -0.15) is 0 Å². The molecule has 2 aromatic carbocycles. The molecular formula is C22H27NO2. The SMILES string of the molecule is CC(O)C1CCN(C(=O)C(C)(C)c2ccc(-c3ccccc3)cc2)C1. The summed E-state index contributed by atoms with van der Waals surface area (Å²) in [6.45, 7) is 7.18. The van der Waals surface area contributed by atoms with Gasteiger partial charge in [0.25, 0.3) is 0 Å². The van der Waals surface area contributed by atoms with E-state index in [-0.39, 0.29) is 17.9 Å². The lowest BCUT2D eigenvalue weighted by molar-refractivity contribution is -0.135. The first-order chi connectivity index (χ1) is 11.9. The van der Waals surface area contributed by atoms with Crippen LogP contribution in [-0.2, 0) is 10.2 Å². The standard InChI is InChI=1S/C22H27NO2/c1-16(24)19-13-14-23(15-19)21(25)22(2,3)20-11-9-18(10-12-20)17-7-5-4-6-8-17/h4-12,16,19,24H,13-15H2,1-3H3. The van der Waals surface area contributed by atoms with Crippen molar-refractivity contribution in [2.75, 3.05) is 13.1 Å². The summed E-state index contributed by atoms with van der Waals surface area (Å²) in [5.74, 6) is 0.336. The number of carbonyl (C=O) groups is 1. The summed E-state index contributed by atoms with van der Waals surface area (Å²) in [6.07, 6.45) is 0.526. The summed E-state index contributed by atoms with van der Waals surface area (Å²) in [7, 11) is 0. The molecule has 1 aliphatic heterocycles. The Kier molecular flexibility index (Phi) is 4.96. The number of hydrogen-bond acceptors (Lipinski definition) is 2. The molecule has 0 aromatic heterocycles. The van der Waals surface area contributed by atoms with Crippen LogP contribution in [0.1, 0.15) is 32.8 Å². The molecule has 132 valence electrons. The van der Waals surface area contributed by atoms with Crippen molar-refractivity contribution < 1.29 is 9.90 Å². The molecule has 0 spiro atoms. The molecule has 1 saturated heterocycles. The summed E-state index contributed by atoms with van der Waals surface area (Å²) in [4.78, 5) is 14.9. The minimum atomic E-state index is -0.567. The lowest BCUT2D eigenvalue weighted by atomic mass is 9.82. The quantitative estimate of drug-likeness (QED) is 0.920. The maximum atomic E-state index is 13.0. The molecule has 1 N–H and O–H groups in total. The lowest BCUT2D eigenvalue weighted by Gasteiger charge is -2.30. The maximum absolute atomic E-state index is 13.0. The third-order valence-corrected chi connectivity index (χ3v) is 5.44. The molecule has 1 fully saturated rings. The van der Waals surface area contributed by atoms with Crippen LogP contribution in [0, 0.1) is 5.92 Å². The summed E-state index contributed by atoms with van der Waals surface area (Å²) < 4.78 is 0. The zero-order valence-corrected chi connectivity index (χ0v) is 15.3. The molecule has 0 radical (unpaired) electrons. The van der Waals surface area contributed by atoms with Crippen LogP contribution < -0.4 is 0 Å². The minimum absolute atomic E-state index is 0.142. The molecule has 0 saturated carbocycles. The second-order valence-corrected chi connectivity index (χ2v) is 7.61. The van der Waals surface area contributed by atoms with E-state index in [1.807, 2.05) is 43.9 Å². The molecule has 1 heterocycles. The van der Waals surface area contributed by atoms with E-state index in [1.165, 1.54) is 5.56 Å². The number of aliphatic hydroxyl groups is 1. The van der Waals surface area contributed by atoms with Crippen LogP contribution in [0.25, 0.3) is 11.1 Å². The Morgan fingerprint density at radius 2 is 1.68 bits per heavy atom. The van der Waals surface area contributed by atoms with Gasteiger partial charge in [0.2, 0.25) is 5.91 Å². The number of rotatable bonds is 4. The smallest absolute Gasteiger partial charge is 0.232 e. The maximum Gasteiger partial charge on any atom is 0.232 e. The van der Waals surface area contributed by atoms with E-state index in [1.54, 1.807) is 0 Å². The van der Waals surface area contributed by atoms with Gasteiger partial charge in [0.05, 0.1) is 11.5 Å². The van der Waals surface area contributed by atoms with Crippen molar-refractivity contribution >= 4 is 5.91 Å². The van der Waals surface area contributed by atoms with Gasteiger partial charge in [0.15, 0.2) is 0 Å². The van der Waals surface area contributed by atoms with Crippen LogP contribution >= 0.6 is 0 Å². The van der Waals surface area contributed by atoms with Crippen molar-refractivity contribution in [3.05, 3.63) is 60.2 Å². The molecule has 25 heavy (non-hydrogen) atoms. The van der Waals surface area contributed by atoms with Gasteiger partial charge in [0.1, 0.15) is 0 Å². The van der Waals surface area contributed by atoms with Crippen LogP contribution in [0.3, 0.4) is 0 Å². The predicted molar refractivity (Wildman–Crippen MR) is 101 cm³/mol. The number of nitrogens with zero attached hydrogens (tertiary/aromatic N) is 1. The van der Waals surface area contributed by atoms with Crippen LogP contribution in [0.2, 0.25) is 0 Å². The number of benzene rings is 2. The molecule has 1 aliphatic rings. The summed E-state index contributed by atoms with van der Waals surface area (Å²) >= 11 is 0. The normalized spacial score (nSPS) is 19.0. The van der Waals surface area contributed by atoms with Crippen molar-refractivity contribution in [2.45, 2.75) is 38.7 Å². The van der Waals surface area contributed by atoms with Crippen molar-refractivity contribution in [1.29, 1.82) is 0 Å². The van der Waals surface area contributed by atoms with Crippen LogP contribution in [0.4, 0.5) is 0 Å². The highest BCUT2D eigenvalue weighted by molar-refractivity contribution is 5.87. The fourth-order valence-electron chi connectivity index (χ4n) is 3.59. The Balaban J connectivity index is 1.77. The Bertz CT molecular complexity index is 719. The average molecular weight is 337 g/mol. The predicted octanol–water partition coefficient (Wildman–Crippen LogP) is 3.86. The average Bonchev–Trinajstić information content (AvgIpc) is 3.12. The Hall–Kier alpha value is -2.13. The first-order valence-electron chi connectivity index (χ1n) is 9.03. The summed E-state index contributed by atoms with van der Waals surface area (Å²) in [6, 6.07) is 18.5. The fraction of sp³-hybridized carbons (Fsp3) is 0.409. The number of aliphatic hydroxyl groups excluding tert-OH is 1. The van der Waals surface area contributed by atoms with E-state index < -0.39 is 5.41 Å². The van der Waals surface area contributed by atoms with Crippen LogP contribution in [0.15, 0.2) is 54.6 Å². The molecular weight excluding hydrogens is 310 g/mol. The number of hydrogen-bond donors (Lipinski definition) is 1. The van der Waals surface area contributed by atoms with Gasteiger partial charge in [0, 0.05) is 19.0 Å². The highest BCUT2D eigenvalue weighted by Crippen LogP contribution is 2.31. The van der Waals surface area contributed by atoms with E-state index in [4.69, 9.17) is 0 Å². The molecule has 0 bridgehead atoms. The molecule has 3 nitrogen and oxygen atoms in total. The molecule has 3 rings (SSSR count). The largest absolute Gasteiger partial charge is 0.393 e. The second-order valence-electron chi connectivity index (χ2n) is 7.61. The van der Waals surface area contributed by atoms with Gasteiger partial charge < -0.3 is 10.0 Å². The zero-order valence-electron chi connectivity index (χ0n) is 15.3. The van der Waals surface area contributed by atoms with Crippen molar-refractivity contribution in [3.8, 4) is 11.1 Å². The van der Waals surface area contributed by atoms with Gasteiger partial charge >= 0.3 is 0 Å². The van der Waals surface area contributed by atoms with E-state index in [0.717, 1.165) is 24.1 Å². The molecule has 2 atom stereocenters. The zero-order chi connectivity index (χ0) is 18.0. The van der Waals surface area contributed by atoms with E-state index in [0.29, 0.717) is 6.54 Å². The topological polar surface area (TPSA) is 40.5 Å². The van der Waals surface area contributed by atoms with Crippen LogP contribution in [-0.4, -0.2) is 35.1 Å². The van der Waals surface area contributed by atoms with Gasteiger partial charge in [-0.15, -0.1) is 0 Å². The lowest BCUT2D eigenvalue weighted by Crippen LogP contribution is -2.42. The number of likely N-dealkylation sites (tertiary alicyclic amines) is 1. The third-order valence-electron chi connectivity index (χ3n) is 5.44. The molecule has 1 amide bonds. The van der Waals surface area contributed by atoms with E-state index >= 15 is 0 Å². The van der Waals surface area contributed by atoms with Gasteiger partial charge in [-0.25, -0.2) is 0 Å². The summed E-state index contributed by atoms with van der Waals surface area (Å²) in [5.41, 5.74) is 2.79. The van der Waals surface area contributed by atoms with Crippen molar-refractivity contribution in [1.82, 2.24) is 4.90 Å². The Labute approximate surface area is 150 Å². The molecule has 2 aromatic rings. The fourth-order valence-corrected chi connectivity index (χ4v) is 3.59. The first kappa shape index (κ1) is 17.7. The molecule has 3 heteroatoms. The van der Waals surface area contributed by atoms with Gasteiger partial charge in [-0.3, -0.25) is 4.79 Å². The molecule has 2 unspecified atom stereocenters. The van der Waals surface area contributed by atoms with E-state index in [2.05, 4.69) is 36.4 Å². The van der Waals surface area contributed by atoms with E-state index in [9.17, 15) is 9.90 Å². The van der Waals surface area contributed by atoms with Crippen molar-refractivity contribution in [3.63, 3.8) is 0 Å². The third kappa shape index (κ3) is 3.62. The highest BCUT2D eigenvalue weighted by atomic mass is 16.3. The van der Waals surface area contributed by atoms with Crippen LogP contribution in [0.5, 0.6) is 0 Å². The van der Waals surface area contributed by atoms with Gasteiger partial charge in [-0.05, 0) is 43.9 Å². The Morgan fingerprint density at radius 3 is 2.24 bits per heavy atom. The van der Waals surface area contributed by atoms with Gasteiger partial charge in [-0.1, -0.05) is 54.6 Å². The Morgan fingerprint density at radius 1 is 1.08 bits per heavy atom. The number of amides is 1. The molecule has 0 aliphatic carbocycles. The minimum Gasteiger partial charge on any atom is -0.393 e. The first-order valence-corrected chi connectivity index (χ1v) is 9.03. The summed E-state index contributed by atoms with van der Waals surface area (Å²) in [5, 5.41) is 9.77. The second kappa shape index (κ2) is 7.01. The highest BCUT2D eigenvalue weighted by Gasteiger charge is 2.38. The van der Waals surface area contributed by atoms with Crippen molar-refractivity contribution in [2.24, 2.45) is 5.92 Å². The monoisotopic (exact) mass is 337 g/mol. The number of carbonyl (C=O) groups excluding carboxylic acids is 1.